The molecule has 0 spiro atoms. The molecular weight excluding hydrogens is 312 g/mol. The van der Waals surface area contributed by atoms with E-state index in [2.05, 4.69) is 46.3 Å². The topological polar surface area (TPSA) is 17.8 Å². The molecule has 0 unspecified atom stereocenters. The second kappa shape index (κ2) is 5.59. The first kappa shape index (κ1) is 13.6. The van der Waals surface area contributed by atoms with E-state index < -0.39 is 0 Å². The summed E-state index contributed by atoms with van der Waals surface area (Å²) < 4.78 is 2.26. The highest BCUT2D eigenvalue weighted by Crippen LogP contribution is 2.30. The lowest BCUT2D eigenvalue weighted by Crippen LogP contribution is -2.01. The number of thiophene rings is 1. The van der Waals surface area contributed by atoms with Crippen molar-refractivity contribution in [3.63, 3.8) is 0 Å². The first-order valence-electron chi connectivity index (χ1n) is 7.05. The Balaban J connectivity index is 1.92. The molecule has 0 saturated heterocycles. The molecule has 0 bridgehead atoms. The Labute approximate surface area is 137 Å². The molecule has 22 heavy (non-hydrogen) atoms. The van der Waals surface area contributed by atoms with E-state index in [1.54, 1.807) is 11.3 Å². The molecule has 0 saturated carbocycles. The summed E-state index contributed by atoms with van der Waals surface area (Å²) in [6, 6.07) is 20.5. The third kappa shape index (κ3) is 2.43. The van der Waals surface area contributed by atoms with Gasteiger partial charge in [-0.1, -0.05) is 48.0 Å². The maximum absolute atomic E-state index is 6.12. The van der Waals surface area contributed by atoms with Crippen LogP contribution in [0.4, 0.5) is 0 Å². The molecule has 0 radical (unpaired) electrons. The molecule has 0 aliphatic rings. The Hall–Kier alpha value is -2.10. The average Bonchev–Trinajstić information content (AvgIpc) is 3.16. The summed E-state index contributed by atoms with van der Waals surface area (Å²) in [5.74, 6) is 0.996. The van der Waals surface area contributed by atoms with Crippen molar-refractivity contribution in [1.29, 1.82) is 0 Å². The highest BCUT2D eigenvalue weighted by atomic mass is 35.5. The summed E-state index contributed by atoms with van der Waals surface area (Å²) in [5, 5.41) is 2.80. The molecule has 2 heterocycles. The monoisotopic (exact) mass is 324 g/mol. The van der Waals surface area contributed by atoms with Gasteiger partial charge in [0.05, 0.1) is 15.9 Å². The van der Waals surface area contributed by atoms with Crippen molar-refractivity contribution in [2.75, 3.05) is 0 Å². The van der Waals surface area contributed by atoms with Crippen LogP contribution < -0.4 is 0 Å². The lowest BCUT2D eigenvalue weighted by Gasteiger charge is -2.08. The quantitative estimate of drug-likeness (QED) is 0.489. The average molecular weight is 325 g/mol. The highest BCUT2D eigenvalue weighted by Gasteiger charge is 2.14. The van der Waals surface area contributed by atoms with Crippen molar-refractivity contribution >= 4 is 34.0 Å². The largest absolute Gasteiger partial charge is 0.319 e. The fourth-order valence-corrected chi connectivity index (χ4v) is 3.51. The number of hydrogen-bond acceptors (Lipinski definition) is 2. The number of halogens is 1. The van der Waals surface area contributed by atoms with E-state index in [4.69, 9.17) is 16.6 Å². The minimum absolute atomic E-state index is 0.717. The van der Waals surface area contributed by atoms with Crippen molar-refractivity contribution in [1.82, 2.24) is 9.55 Å². The van der Waals surface area contributed by atoms with Gasteiger partial charge < -0.3 is 4.57 Å². The van der Waals surface area contributed by atoms with Crippen LogP contribution >= 0.6 is 22.9 Å². The molecular formula is C18H13ClN2S. The molecule has 0 N–H and O–H groups in total. The zero-order valence-electron chi connectivity index (χ0n) is 11.7. The first-order valence-corrected chi connectivity index (χ1v) is 8.30. The number of benzene rings is 2. The second-order valence-corrected chi connectivity index (χ2v) is 6.50. The van der Waals surface area contributed by atoms with Gasteiger partial charge in [-0.05, 0) is 35.2 Å². The SMILES string of the molecule is Clc1ccc2c(c1)nc(-c1cccs1)n2Cc1ccccc1. The molecule has 2 aromatic carbocycles. The van der Waals surface area contributed by atoms with Crippen LogP contribution in [-0.2, 0) is 6.54 Å². The van der Waals surface area contributed by atoms with Crippen LogP contribution in [0.15, 0.2) is 66.0 Å². The van der Waals surface area contributed by atoms with Crippen molar-refractivity contribution in [3.05, 3.63) is 76.6 Å². The lowest BCUT2D eigenvalue weighted by atomic mass is 10.2. The summed E-state index contributed by atoms with van der Waals surface area (Å²) in [6.07, 6.45) is 0. The van der Waals surface area contributed by atoms with Gasteiger partial charge in [-0.2, -0.15) is 0 Å². The molecule has 4 heteroatoms. The van der Waals surface area contributed by atoms with Crippen molar-refractivity contribution in [2.45, 2.75) is 6.54 Å². The van der Waals surface area contributed by atoms with Crippen LogP contribution in [0, 0.1) is 0 Å². The van der Waals surface area contributed by atoms with Crippen LogP contribution in [-0.4, -0.2) is 9.55 Å². The number of fused-ring (bicyclic) bond motifs is 1. The molecule has 108 valence electrons. The molecule has 0 amide bonds. The summed E-state index contributed by atoms with van der Waals surface area (Å²) in [5.41, 5.74) is 3.30. The van der Waals surface area contributed by atoms with Gasteiger partial charge in [0.2, 0.25) is 0 Å². The first-order chi connectivity index (χ1) is 10.8. The zero-order chi connectivity index (χ0) is 14.9. The van der Waals surface area contributed by atoms with Gasteiger partial charge in [0.1, 0.15) is 0 Å². The summed E-state index contributed by atoms with van der Waals surface area (Å²) >= 11 is 7.82. The normalized spacial score (nSPS) is 11.1. The van der Waals surface area contributed by atoms with Gasteiger partial charge in [-0.15, -0.1) is 11.3 Å². The lowest BCUT2D eigenvalue weighted by molar-refractivity contribution is 0.836. The molecule has 0 aliphatic carbocycles. The van der Waals surface area contributed by atoms with E-state index in [1.807, 2.05) is 24.3 Å². The molecule has 0 aliphatic heterocycles. The van der Waals surface area contributed by atoms with E-state index in [-0.39, 0.29) is 0 Å². The Morgan fingerprint density at radius 1 is 1.00 bits per heavy atom. The predicted molar refractivity (Wildman–Crippen MR) is 93.6 cm³/mol. The fraction of sp³-hybridized carbons (Fsp3) is 0.0556. The fourth-order valence-electron chi connectivity index (χ4n) is 2.62. The highest BCUT2D eigenvalue weighted by molar-refractivity contribution is 7.13. The number of imidazole rings is 1. The van der Waals surface area contributed by atoms with E-state index in [0.717, 1.165) is 28.4 Å². The predicted octanol–water partition coefficient (Wildman–Crippen LogP) is 5.47. The van der Waals surface area contributed by atoms with Crippen molar-refractivity contribution < 1.29 is 0 Å². The molecule has 0 atom stereocenters. The maximum Gasteiger partial charge on any atom is 0.151 e. The summed E-state index contributed by atoms with van der Waals surface area (Å²) in [7, 11) is 0. The van der Waals surface area contributed by atoms with Gasteiger partial charge in [-0.25, -0.2) is 4.98 Å². The molecule has 4 aromatic rings. The van der Waals surface area contributed by atoms with Gasteiger partial charge in [0.25, 0.3) is 0 Å². The van der Waals surface area contributed by atoms with Crippen LogP contribution in [0.5, 0.6) is 0 Å². The van der Waals surface area contributed by atoms with Gasteiger partial charge in [-0.3, -0.25) is 0 Å². The van der Waals surface area contributed by atoms with Crippen LogP contribution in [0.25, 0.3) is 21.7 Å². The Kier molecular flexibility index (Phi) is 3.45. The van der Waals surface area contributed by atoms with E-state index >= 15 is 0 Å². The number of aromatic nitrogens is 2. The number of hydrogen-bond donors (Lipinski definition) is 0. The minimum Gasteiger partial charge on any atom is -0.319 e. The molecule has 2 nitrogen and oxygen atoms in total. The third-order valence-electron chi connectivity index (χ3n) is 3.64. The Morgan fingerprint density at radius 3 is 2.64 bits per heavy atom. The van der Waals surface area contributed by atoms with Gasteiger partial charge in [0, 0.05) is 11.6 Å². The second-order valence-electron chi connectivity index (χ2n) is 5.12. The smallest absolute Gasteiger partial charge is 0.151 e. The summed E-state index contributed by atoms with van der Waals surface area (Å²) in [6.45, 7) is 0.798. The number of nitrogens with zero attached hydrogens (tertiary/aromatic N) is 2. The molecule has 2 aromatic heterocycles. The standard InChI is InChI=1S/C18H13ClN2S/c19-14-8-9-16-15(11-14)20-18(17-7-4-10-22-17)21(16)12-13-5-2-1-3-6-13/h1-11H,12H2. The van der Waals surface area contributed by atoms with Crippen molar-refractivity contribution in [3.8, 4) is 10.7 Å². The van der Waals surface area contributed by atoms with Crippen LogP contribution in [0.1, 0.15) is 5.56 Å². The maximum atomic E-state index is 6.12. The zero-order valence-corrected chi connectivity index (χ0v) is 13.3. The molecule has 0 fully saturated rings. The van der Waals surface area contributed by atoms with Crippen LogP contribution in [0.2, 0.25) is 5.02 Å². The summed E-state index contributed by atoms with van der Waals surface area (Å²) in [4.78, 5) is 5.97. The van der Waals surface area contributed by atoms with Crippen molar-refractivity contribution in [2.24, 2.45) is 0 Å². The third-order valence-corrected chi connectivity index (χ3v) is 4.74. The molecule has 4 rings (SSSR count). The van der Waals surface area contributed by atoms with Gasteiger partial charge >= 0.3 is 0 Å². The van der Waals surface area contributed by atoms with E-state index in [9.17, 15) is 0 Å². The Morgan fingerprint density at radius 2 is 1.86 bits per heavy atom. The van der Waals surface area contributed by atoms with E-state index in [1.165, 1.54) is 10.4 Å². The van der Waals surface area contributed by atoms with Gasteiger partial charge in [0.15, 0.2) is 5.82 Å². The Bertz CT molecular complexity index is 911. The van der Waals surface area contributed by atoms with E-state index in [0.29, 0.717) is 0 Å². The number of rotatable bonds is 3. The van der Waals surface area contributed by atoms with Crippen LogP contribution in [0.3, 0.4) is 0 Å². The minimum atomic E-state index is 0.717.